The molecule has 1 rings (SSSR count). The van der Waals surface area contributed by atoms with Crippen LogP contribution in [0.5, 0.6) is 0 Å². The molecule has 5 heteroatoms. The highest BCUT2D eigenvalue weighted by Crippen LogP contribution is 2.21. The minimum atomic E-state index is 0.522. The number of anilines is 1. The third kappa shape index (κ3) is 5.80. The van der Waals surface area contributed by atoms with Gasteiger partial charge in [-0.2, -0.15) is 0 Å². The lowest BCUT2D eigenvalue weighted by atomic mass is 10.4. The van der Waals surface area contributed by atoms with E-state index in [1.54, 1.807) is 11.3 Å². The van der Waals surface area contributed by atoms with Crippen molar-refractivity contribution >= 4 is 16.5 Å². The molecular weight excluding hydrogens is 244 g/mol. The van der Waals surface area contributed by atoms with Crippen molar-refractivity contribution in [1.29, 1.82) is 0 Å². The molecule has 0 aromatic carbocycles. The number of rotatable bonds is 8. The standard InChI is InChI=1S/C13H26N4S/c1-11(2)14-9-12-10-15-13(18-12)17(5)8-6-7-16(3)4/h10-11,14H,6-9H2,1-5H3. The maximum Gasteiger partial charge on any atom is 0.185 e. The van der Waals surface area contributed by atoms with Crippen LogP contribution < -0.4 is 10.2 Å². The summed E-state index contributed by atoms with van der Waals surface area (Å²) >= 11 is 1.78. The van der Waals surface area contributed by atoms with E-state index in [9.17, 15) is 0 Å². The van der Waals surface area contributed by atoms with Crippen LogP contribution in [0.1, 0.15) is 25.1 Å². The summed E-state index contributed by atoms with van der Waals surface area (Å²) in [5.74, 6) is 0. The van der Waals surface area contributed by atoms with Crippen molar-refractivity contribution in [2.24, 2.45) is 0 Å². The van der Waals surface area contributed by atoms with Crippen LogP contribution in [-0.4, -0.2) is 50.2 Å². The predicted octanol–water partition coefficient (Wildman–Crippen LogP) is 2.03. The minimum absolute atomic E-state index is 0.522. The Balaban J connectivity index is 2.36. The van der Waals surface area contributed by atoms with Gasteiger partial charge < -0.3 is 15.1 Å². The van der Waals surface area contributed by atoms with E-state index in [0.29, 0.717) is 6.04 Å². The van der Waals surface area contributed by atoms with Crippen molar-refractivity contribution in [2.75, 3.05) is 39.1 Å². The fraction of sp³-hybridized carbons (Fsp3) is 0.769. The Kier molecular flexibility index (Phi) is 6.60. The topological polar surface area (TPSA) is 31.4 Å². The first-order chi connectivity index (χ1) is 8.49. The normalized spacial score (nSPS) is 11.5. The van der Waals surface area contributed by atoms with Crippen LogP contribution in [0.4, 0.5) is 5.13 Å². The van der Waals surface area contributed by atoms with Crippen molar-refractivity contribution in [3.05, 3.63) is 11.1 Å². The van der Waals surface area contributed by atoms with Gasteiger partial charge in [0.05, 0.1) is 0 Å². The maximum atomic E-state index is 4.48. The lowest BCUT2D eigenvalue weighted by Crippen LogP contribution is -2.23. The smallest absolute Gasteiger partial charge is 0.185 e. The van der Waals surface area contributed by atoms with E-state index in [1.165, 1.54) is 11.3 Å². The summed E-state index contributed by atoms with van der Waals surface area (Å²) < 4.78 is 0. The summed E-state index contributed by atoms with van der Waals surface area (Å²) in [5, 5.41) is 4.54. The molecule has 0 fully saturated rings. The molecule has 0 unspecified atom stereocenters. The molecule has 1 N–H and O–H groups in total. The summed E-state index contributed by atoms with van der Waals surface area (Å²) in [7, 11) is 6.34. The monoisotopic (exact) mass is 270 g/mol. The SMILES string of the molecule is CC(C)NCc1cnc(N(C)CCCN(C)C)s1. The summed E-state index contributed by atoms with van der Waals surface area (Å²) in [4.78, 5) is 10.2. The average Bonchev–Trinajstić information content (AvgIpc) is 2.74. The van der Waals surface area contributed by atoms with Crippen molar-refractivity contribution in [3.63, 3.8) is 0 Å². The number of hydrogen-bond acceptors (Lipinski definition) is 5. The highest BCUT2D eigenvalue weighted by atomic mass is 32.1. The molecule has 0 bridgehead atoms. The van der Waals surface area contributed by atoms with Crippen LogP contribution in [0.3, 0.4) is 0 Å². The van der Waals surface area contributed by atoms with Gasteiger partial charge in [-0.1, -0.05) is 13.8 Å². The second-order valence-corrected chi connectivity index (χ2v) is 6.32. The Labute approximate surface area is 115 Å². The molecule has 1 aromatic heterocycles. The Hall–Kier alpha value is -0.650. The van der Waals surface area contributed by atoms with Crippen LogP contribution >= 0.6 is 11.3 Å². The van der Waals surface area contributed by atoms with E-state index in [-0.39, 0.29) is 0 Å². The molecule has 4 nitrogen and oxygen atoms in total. The van der Waals surface area contributed by atoms with Crippen LogP contribution in [0, 0.1) is 0 Å². The van der Waals surface area contributed by atoms with E-state index < -0.39 is 0 Å². The first-order valence-electron chi connectivity index (χ1n) is 6.53. The van der Waals surface area contributed by atoms with E-state index in [2.05, 4.69) is 55.1 Å². The van der Waals surface area contributed by atoms with Gasteiger partial charge in [0.25, 0.3) is 0 Å². The first kappa shape index (κ1) is 15.4. The second-order valence-electron chi connectivity index (χ2n) is 5.22. The average molecular weight is 270 g/mol. The zero-order valence-corrected chi connectivity index (χ0v) is 13.0. The summed E-state index contributed by atoms with van der Waals surface area (Å²) in [6.45, 7) is 7.42. The van der Waals surface area contributed by atoms with Gasteiger partial charge in [-0.15, -0.1) is 11.3 Å². The van der Waals surface area contributed by atoms with E-state index >= 15 is 0 Å². The molecule has 0 amide bonds. The molecule has 0 aliphatic rings. The van der Waals surface area contributed by atoms with Gasteiger partial charge in [-0.05, 0) is 27.1 Å². The van der Waals surface area contributed by atoms with E-state index in [4.69, 9.17) is 0 Å². The first-order valence-corrected chi connectivity index (χ1v) is 7.34. The Morgan fingerprint density at radius 2 is 2.00 bits per heavy atom. The zero-order chi connectivity index (χ0) is 13.5. The molecule has 0 aliphatic carbocycles. The molecule has 0 saturated carbocycles. The second kappa shape index (κ2) is 7.71. The summed E-state index contributed by atoms with van der Waals surface area (Å²) in [6.07, 6.45) is 3.15. The van der Waals surface area contributed by atoms with Crippen molar-refractivity contribution in [1.82, 2.24) is 15.2 Å². The number of nitrogens with zero attached hydrogens (tertiary/aromatic N) is 3. The van der Waals surface area contributed by atoms with Crippen LogP contribution in [0.15, 0.2) is 6.20 Å². The Morgan fingerprint density at radius 1 is 1.28 bits per heavy atom. The van der Waals surface area contributed by atoms with Crippen LogP contribution in [0.2, 0.25) is 0 Å². The summed E-state index contributed by atoms with van der Waals surface area (Å²) in [6, 6.07) is 0.522. The molecule has 0 spiro atoms. The fourth-order valence-corrected chi connectivity index (χ4v) is 2.43. The van der Waals surface area contributed by atoms with Gasteiger partial charge >= 0.3 is 0 Å². The molecule has 0 aliphatic heterocycles. The quantitative estimate of drug-likeness (QED) is 0.783. The molecule has 0 atom stereocenters. The third-order valence-corrected chi connectivity index (χ3v) is 3.76. The van der Waals surface area contributed by atoms with E-state index in [1.807, 2.05) is 6.20 Å². The molecule has 0 saturated heterocycles. The van der Waals surface area contributed by atoms with Gasteiger partial charge in [0.15, 0.2) is 5.13 Å². The number of thiazole rings is 1. The van der Waals surface area contributed by atoms with Crippen molar-refractivity contribution in [2.45, 2.75) is 32.9 Å². The lowest BCUT2D eigenvalue weighted by Gasteiger charge is -2.17. The maximum absolute atomic E-state index is 4.48. The van der Waals surface area contributed by atoms with Crippen LogP contribution in [0.25, 0.3) is 0 Å². The molecule has 0 radical (unpaired) electrons. The summed E-state index contributed by atoms with van der Waals surface area (Å²) in [5.41, 5.74) is 0. The molecule has 1 aromatic rings. The highest BCUT2D eigenvalue weighted by molar-refractivity contribution is 7.15. The Morgan fingerprint density at radius 3 is 2.61 bits per heavy atom. The van der Waals surface area contributed by atoms with Gasteiger partial charge in [0, 0.05) is 37.3 Å². The third-order valence-electron chi connectivity index (χ3n) is 2.65. The van der Waals surface area contributed by atoms with Gasteiger partial charge in [0.2, 0.25) is 0 Å². The van der Waals surface area contributed by atoms with Gasteiger partial charge in [-0.3, -0.25) is 0 Å². The highest BCUT2D eigenvalue weighted by Gasteiger charge is 2.07. The van der Waals surface area contributed by atoms with Crippen molar-refractivity contribution < 1.29 is 0 Å². The molecular formula is C13H26N4S. The number of aromatic nitrogens is 1. The molecule has 18 heavy (non-hydrogen) atoms. The van der Waals surface area contributed by atoms with Gasteiger partial charge in [0.1, 0.15) is 0 Å². The Bertz CT molecular complexity index is 335. The molecule has 104 valence electrons. The largest absolute Gasteiger partial charge is 0.351 e. The number of hydrogen-bond donors (Lipinski definition) is 1. The van der Waals surface area contributed by atoms with Crippen molar-refractivity contribution in [3.8, 4) is 0 Å². The predicted molar refractivity (Wildman–Crippen MR) is 80.5 cm³/mol. The number of nitrogens with one attached hydrogen (secondary N) is 1. The van der Waals surface area contributed by atoms with Crippen LogP contribution in [-0.2, 0) is 6.54 Å². The fourth-order valence-electron chi connectivity index (χ4n) is 1.58. The lowest BCUT2D eigenvalue weighted by molar-refractivity contribution is 0.401. The van der Waals surface area contributed by atoms with E-state index in [0.717, 1.165) is 24.8 Å². The molecule has 1 heterocycles. The minimum Gasteiger partial charge on any atom is -0.351 e. The zero-order valence-electron chi connectivity index (χ0n) is 12.2. The van der Waals surface area contributed by atoms with Gasteiger partial charge in [-0.25, -0.2) is 4.98 Å².